The minimum absolute atomic E-state index is 0.182. The van der Waals surface area contributed by atoms with Crippen molar-refractivity contribution in [3.05, 3.63) is 34.5 Å². The minimum Gasteiger partial charge on any atom is -0.493 e. The maximum Gasteiger partial charge on any atom is 0.219 e. The number of furan rings is 1. The molecule has 0 fully saturated rings. The quantitative estimate of drug-likeness (QED) is 0.752. The maximum absolute atomic E-state index is 12.6. The van der Waals surface area contributed by atoms with E-state index in [9.17, 15) is 4.79 Å². The number of ether oxygens (including phenoxy) is 1. The molecule has 2 aromatic rings. The Bertz CT molecular complexity index is 604. The van der Waals surface area contributed by atoms with Crippen molar-refractivity contribution in [3.8, 4) is 5.75 Å². The Morgan fingerprint density at radius 1 is 1.55 bits per heavy atom. The van der Waals surface area contributed by atoms with Gasteiger partial charge in [0.15, 0.2) is 16.1 Å². The van der Waals surface area contributed by atoms with E-state index in [1.807, 2.05) is 19.0 Å². The zero-order chi connectivity index (χ0) is 14.7. The summed E-state index contributed by atoms with van der Waals surface area (Å²) >= 11 is 3.22. The van der Waals surface area contributed by atoms with Crippen LogP contribution >= 0.6 is 15.9 Å². The molecule has 2 heterocycles. The number of carbonyl (C=O) groups excluding carboxylic acids is 1. The molecule has 2 aromatic heterocycles. The van der Waals surface area contributed by atoms with Crippen LogP contribution in [0.4, 0.5) is 0 Å². The van der Waals surface area contributed by atoms with Gasteiger partial charge >= 0.3 is 0 Å². The summed E-state index contributed by atoms with van der Waals surface area (Å²) in [5, 5.41) is 4.22. The van der Waals surface area contributed by atoms with Crippen LogP contribution < -0.4 is 4.74 Å². The zero-order valence-electron chi connectivity index (χ0n) is 11.6. The van der Waals surface area contributed by atoms with Gasteiger partial charge in [-0.3, -0.25) is 9.48 Å². The number of rotatable bonds is 6. The number of hydrogen-bond donors (Lipinski definition) is 0. The highest BCUT2D eigenvalue weighted by molar-refractivity contribution is 9.10. The topological polar surface area (TPSA) is 60.5 Å². The summed E-state index contributed by atoms with van der Waals surface area (Å²) in [4.78, 5) is 14.6. The number of carbonyl (C=O) groups is 1. The zero-order valence-corrected chi connectivity index (χ0v) is 13.2. The average molecular weight is 342 g/mol. The second-order valence-corrected chi connectivity index (χ2v) is 5.25. The highest BCUT2D eigenvalue weighted by Gasteiger charge is 2.24. The van der Waals surface area contributed by atoms with E-state index in [0.29, 0.717) is 28.2 Å². The van der Waals surface area contributed by atoms with E-state index in [0.717, 1.165) is 6.54 Å². The molecule has 0 unspecified atom stereocenters. The second-order valence-electron chi connectivity index (χ2n) is 4.53. The standard InChI is InChI=1S/C13H16BrN3O3/c1-16(2)5-6-17-11(10(19-3)8-15-17)12(18)9-4-7-20-13(9)14/h4,7-8H,5-6H2,1-3H3. The van der Waals surface area contributed by atoms with Gasteiger partial charge in [0.2, 0.25) is 5.78 Å². The molecule has 6 nitrogen and oxygen atoms in total. The van der Waals surface area contributed by atoms with Crippen LogP contribution in [0.3, 0.4) is 0 Å². The summed E-state index contributed by atoms with van der Waals surface area (Å²) in [7, 11) is 5.46. The normalized spacial score (nSPS) is 11.1. The van der Waals surface area contributed by atoms with Crippen LogP contribution in [-0.4, -0.2) is 48.2 Å². The molecule has 0 saturated carbocycles. The van der Waals surface area contributed by atoms with Gasteiger partial charge in [0.1, 0.15) is 0 Å². The molecule has 0 bridgehead atoms. The monoisotopic (exact) mass is 341 g/mol. The number of hydrogen-bond acceptors (Lipinski definition) is 5. The van der Waals surface area contributed by atoms with Crippen LogP contribution in [0.5, 0.6) is 5.75 Å². The molecule has 108 valence electrons. The van der Waals surface area contributed by atoms with E-state index >= 15 is 0 Å². The first-order valence-electron chi connectivity index (χ1n) is 6.06. The summed E-state index contributed by atoms with van der Waals surface area (Å²) in [5.74, 6) is 0.278. The number of likely N-dealkylation sites (N-methyl/N-ethyl adjacent to an activating group) is 1. The molecular formula is C13H16BrN3O3. The predicted octanol–water partition coefficient (Wildman–Crippen LogP) is 2.04. The highest BCUT2D eigenvalue weighted by Crippen LogP contribution is 2.26. The van der Waals surface area contributed by atoms with Crippen molar-refractivity contribution in [3.63, 3.8) is 0 Å². The third-order valence-electron chi connectivity index (χ3n) is 2.86. The van der Waals surface area contributed by atoms with Gasteiger partial charge in [-0.25, -0.2) is 0 Å². The van der Waals surface area contributed by atoms with Crippen LogP contribution in [0.15, 0.2) is 27.6 Å². The fraction of sp³-hybridized carbons (Fsp3) is 0.385. The Balaban J connectivity index is 2.36. The molecule has 0 amide bonds. The van der Waals surface area contributed by atoms with E-state index in [4.69, 9.17) is 9.15 Å². The number of halogens is 1. The third kappa shape index (κ3) is 2.94. The van der Waals surface area contributed by atoms with Crippen LogP contribution in [0, 0.1) is 0 Å². The van der Waals surface area contributed by atoms with E-state index in [1.54, 1.807) is 16.9 Å². The van der Waals surface area contributed by atoms with E-state index in [2.05, 4.69) is 21.0 Å². The lowest BCUT2D eigenvalue weighted by Crippen LogP contribution is -2.21. The fourth-order valence-corrected chi connectivity index (χ4v) is 2.21. The molecule has 2 rings (SSSR count). The first kappa shape index (κ1) is 14.8. The molecule has 0 aliphatic rings. The lowest BCUT2D eigenvalue weighted by molar-refractivity contribution is 0.102. The van der Waals surface area contributed by atoms with Crippen molar-refractivity contribution >= 4 is 21.7 Å². The Kier molecular flexibility index (Phi) is 4.61. The molecule has 0 radical (unpaired) electrons. The highest BCUT2D eigenvalue weighted by atomic mass is 79.9. The molecule has 0 aliphatic heterocycles. The first-order chi connectivity index (χ1) is 9.54. The summed E-state index contributed by atoms with van der Waals surface area (Å²) in [6.45, 7) is 1.38. The Hall–Kier alpha value is -1.60. The number of nitrogens with zero attached hydrogens (tertiary/aromatic N) is 3. The molecule has 0 atom stereocenters. The largest absolute Gasteiger partial charge is 0.493 e. The number of ketones is 1. The van der Waals surface area contributed by atoms with Gasteiger partial charge in [-0.05, 0) is 36.1 Å². The van der Waals surface area contributed by atoms with Crippen molar-refractivity contribution in [2.45, 2.75) is 6.54 Å². The smallest absolute Gasteiger partial charge is 0.219 e. The lowest BCUT2D eigenvalue weighted by atomic mass is 10.1. The van der Waals surface area contributed by atoms with Crippen LogP contribution in [-0.2, 0) is 6.54 Å². The molecule has 0 aromatic carbocycles. The third-order valence-corrected chi connectivity index (χ3v) is 3.48. The van der Waals surface area contributed by atoms with Gasteiger partial charge in [-0.15, -0.1) is 0 Å². The summed E-state index contributed by atoms with van der Waals surface area (Å²) < 4.78 is 12.4. The molecular weight excluding hydrogens is 326 g/mol. The van der Waals surface area contributed by atoms with Gasteiger partial charge < -0.3 is 14.1 Å². The summed E-state index contributed by atoms with van der Waals surface area (Å²) in [6.07, 6.45) is 3.02. The lowest BCUT2D eigenvalue weighted by Gasteiger charge is -2.11. The fourth-order valence-electron chi connectivity index (χ4n) is 1.79. The van der Waals surface area contributed by atoms with Crippen LogP contribution in [0.25, 0.3) is 0 Å². The number of aromatic nitrogens is 2. The van der Waals surface area contributed by atoms with E-state index < -0.39 is 0 Å². The first-order valence-corrected chi connectivity index (χ1v) is 6.86. The van der Waals surface area contributed by atoms with Gasteiger partial charge in [0.25, 0.3) is 0 Å². The van der Waals surface area contributed by atoms with E-state index in [1.165, 1.54) is 13.4 Å². The van der Waals surface area contributed by atoms with Crippen LogP contribution in [0.1, 0.15) is 16.1 Å². The SMILES string of the molecule is COc1cnn(CCN(C)C)c1C(=O)c1ccoc1Br. The molecule has 0 aliphatic carbocycles. The summed E-state index contributed by atoms with van der Waals surface area (Å²) in [6, 6.07) is 1.62. The Morgan fingerprint density at radius 3 is 2.85 bits per heavy atom. The van der Waals surface area contributed by atoms with Crippen molar-refractivity contribution in [1.82, 2.24) is 14.7 Å². The Labute approximate surface area is 125 Å². The van der Waals surface area contributed by atoms with Crippen molar-refractivity contribution in [2.75, 3.05) is 27.7 Å². The molecule has 20 heavy (non-hydrogen) atoms. The average Bonchev–Trinajstić information content (AvgIpc) is 3.01. The summed E-state index contributed by atoms with van der Waals surface area (Å²) in [5.41, 5.74) is 0.881. The molecule has 0 saturated heterocycles. The molecule has 0 spiro atoms. The maximum atomic E-state index is 12.6. The van der Waals surface area contributed by atoms with Crippen LogP contribution in [0.2, 0.25) is 0 Å². The van der Waals surface area contributed by atoms with Gasteiger partial charge in [-0.1, -0.05) is 0 Å². The predicted molar refractivity (Wildman–Crippen MR) is 77.2 cm³/mol. The van der Waals surface area contributed by atoms with Crippen molar-refractivity contribution < 1.29 is 13.9 Å². The van der Waals surface area contributed by atoms with Crippen molar-refractivity contribution in [2.24, 2.45) is 0 Å². The van der Waals surface area contributed by atoms with Crippen molar-refractivity contribution in [1.29, 1.82) is 0 Å². The Morgan fingerprint density at radius 2 is 2.30 bits per heavy atom. The van der Waals surface area contributed by atoms with E-state index in [-0.39, 0.29) is 5.78 Å². The molecule has 0 N–H and O–H groups in total. The molecule has 7 heteroatoms. The minimum atomic E-state index is -0.182. The van der Waals surface area contributed by atoms with Gasteiger partial charge in [0.05, 0.1) is 31.7 Å². The van der Waals surface area contributed by atoms with Gasteiger partial charge in [0, 0.05) is 6.54 Å². The second kappa shape index (κ2) is 6.23. The van der Waals surface area contributed by atoms with Gasteiger partial charge in [-0.2, -0.15) is 5.10 Å². The number of methoxy groups -OCH3 is 1.